The molecule has 0 bridgehead atoms. The maximum atomic E-state index is 12.7. The molecular weight excluding hydrogens is 257 g/mol. The average Bonchev–Trinajstić information content (AvgIpc) is 2.15. The van der Waals surface area contributed by atoms with Crippen LogP contribution >= 0.6 is 11.6 Å². The molecule has 0 amide bonds. The summed E-state index contributed by atoms with van der Waals surface area (Å²) in [5.41, 5.74) is -1.15. The molecular formula is C11H10ClF3O2. The minimum absolute atomic E-state index is 0.126. The first-order valence-electron chi connectivity index (χ1n) is 4.86. The predicted octanol–water partition coefficient (Wildman–Crippen LogP) is 3.46. The Morgan fingerprint density at radius 3 is 2.59 bits per heavy atom. The molecule has 1 aromatic carbocycles. The fraction of sp³-hybridized carbons (Fsp3) is 0.364. The highest BCUT2D eigenvalue weighted by atomic mass is 35.5. The number of rotatable bonds is 3. The summed E-state index contributed by atoms with van der Waals surface area (Å²) in [6.45, 7) is 1.71. The van der Waals surface area contributed by atoms with E-state index < -0.39 is 29.2 Å². The highest BCUT2D eigenvalue weighted by molar-refractivity contribution is 6.31. The minimum Gasteiger partial charge on any atom is -0.466 e. The molecule has 1 aromatic rings. The van der Waals surface area contributed by atoms with Gasteiger partial charge in [-0.3, -0.25) is 4.79 Å². The third kappa shape index (κ3) is 3.63. The highest BCUT2D eigenvalue weighted by Gasteiger charge is 2.36. The molecule has 94 valence electrons. The topological polar surface area (TPSA) is 26.3 Å². The van der Waals surface area contributed by atoms with Gasteiger partial charge in [-0.2, -0.15) is 13.2 Å². The van der Waals surface area contributed by atoms with Crippen molar-refractivity contribution in [3.05, 3.63) is 34.3 Å². The first kappa shape index (κ1) is 13.8. The monoisotopic (exact) mass is 266 g/mol. The second-order valence-corrected chi connectivity index (χ2v) is 3.66. The molecule has 0 atom stereocenters. The predicted molar refractivity (Wildman–Crippen MR) is 56.8 cm³/mol. The van der Waals surface area contributed by atoms with Gasteiger partial charge in [0.05, 0.1) is 23.6 Å². The Morgan fingerprint density at radius 1 is 1.41 bits per heavy atom. The fourth-order valence-corrected chi connectivity index (χ4v) is 1.70. The van der Waals surface area contributed by atoms with E-state index >= 15 is 0 Å². The van der Waals surface area contributed by atoms with Crippen molar-refractivity contribution in [3.8, 4) is 0 Å². The molecule has 0 spiro atoms. The van der Waals surface area contributed by atoms with Crippen molar-refractivity contribution in [3.63, 3.8) is 0 Å². The van der Waals surface area contributed by atoms with Gasteiger partial charge in [0.25, 0.3) is 0 Å². The minimum atomic E-state index is -4.58. The van der Waals surface area contributed by atoms with Crippen LogP contribution in [0.5, 0.6) is 0 Å². The van der Waals surface area contributed by atoms with E-state index in [1.807, 2.05) is 0 Å². The van der Waals surface area contributed by atoms with E-state index in [1.165, 1.54) is 12.1 Å². The van der Waals surface area contributed by atoms with E-state index in [0.717, 1.165) is 6.07 Å². The van der Waals surface area contributed by atoms with Gasteiger partial charge in [0.1, 0.15) is 0 Å². The van der Waals surface area contributed by atoms with E-state index in [4.69, 9.17) is 11.6 Å². The summed E-state index contributed by atoms with van der Waals surface area (Å²) in [4.78, 5) is 11.2. The first-order chi connectivity index (χ1) is 7.86. The zero-order chi connectivity index (χ0) is 13.1. The van der Waals surface area contributed by atoms with Crippen molar-refractivity contribution in [2.24, 2.45) is 0 Å². The van der Waals surface area contributed by atoms with Gasteiger partial charge in [0, 0.05) is 0 Å². The molecule has 0 aliphatic heterocycles. The highest BCUT2D eigenvalue weighted by Crippen LogP contribution is 2.37. The van der Waals surface area contributed by atoms with Crippen LogP contribution in [-0.2, 0) is 22.1 Å². The van der Waals surface area contributed by atoms with Crippen LogP contribution in [0.25, 0.3) is 0 Å². The Hall–Kier alpha value is -1.23. The van der Waals surface area contributed by atoms with Gasteiger partial charge in [-0.15, -0.1) is 0 Å². The van der Waals surface area contributed by atoms with Gasteiger partial charge in [-0.1, -0.05) is 23.7 Å². The van der Waals surface area contributed by atoms with Crippen molar-refractivity contribution < 1.29 is 22.7 Å². The quantitative estimate of drug-likeness (QED) is 0.783. The van der Waals surface area contributed by atoms with Crippen LogP contribution in [-0.4, -0.2) is 12.6 Å². The van der Waals surface area contributed by atoms with Gasteiger partial charge in [0.2, 0.25) is 0 Å². The number of hydrogen-bond donors (Lipinski definition) is 0. The molecule has 0 aliphatic rings. The van der Waals surface area contributed by atoms with Gasteiger partial charge in [-0.05, 0) is 18.6 Å². The van der Waals surface area contributed by atoms with Crippen molar-refractivity contribution >= 4 is 17.6 Å². The summed E-state index contributed by atoms with van der Waals surface area (Å²) in [6.07, 6.45) is -5.02. The lowest BCUT2D eigenvalue weighted by atomic mass is 10.0. The smallest absolute Gasteiger partial charge is 0.418 e. The molecule has 0 unspecified atom stereocenters. The summed E-state index contributed by atoms with van der Waals surface area (Å²) >= 11 is 5.50. The van der Waals surface area contributed by atoms with Crippen molar-refractivity contribution in [2.75, 3.05) is 6.61 Å². The number of alkyl halides is 3. The van der Waals surface area contributed by atoms with Crippen molar-refractivity contribution in [1.29, 1.82) is 0 Å². The third-order valence-electron chi connectivity index (χ3n) is 2.02. The lowest BCUT2D eigenvalue weighted by molar-refractivity contribution is -0.143. The van der Waals surface area contributed by atoms with Crippen LogP contribution in [0, 0.1) is 0 Å². The fourth-order valence-electron chi connectivity index (χ4n) is 1.40. The molecule has 2 nitrogen and oxygen atoms in total. The van der Waals surface area contributed by atoms with Gasteiger partial charge >= 0.3 is 12.1 Å². The molecule has 0 N–H and O–H groups in total. The molecule has 17 heavy (non-hydrogen) atoms. The van der Waals surface area contributed by atoms with Crippen LogP contribution < -0.4 is 0 Å². The molecule has 0 saturated heterocycles. The van der Waals surface area contributed by atoms with Gasteiger partial charge in [0.15, 0.2) is 0 Å². The van der Waals surface area contributed by atoms with Gasteiger partial charge < -0.3 is 4.74 Å². The molecule has 0 saturated carbocycles. The summed E-state index contributed by atoms with van der Waals surface area (Å²) in [5.74, 6) is -0.708. The Balaban J connectivity index is 3.08. The van der Waals surface area contributed by atoms with Crippen molar-refractivity contribution in [1.82, 2.24) is 0 Å². The molecule has 0 aromatic heterocycles. The summed E-state index contributed by atoms with van der Waals surface area (Å²) < 4.78 is 42.7. The summed E-state index contributed by atoms with van der Waals surface area (Å²) in [5, 5.41) is -0.417. The summed E-state index contributed by atoms with van der Waals surface area (Å²) in [6, 6.07) is 3.72. The van der Waals surface area contributed by atoms with Crippen LogP contribution in [0.4, 0.5) is 13.2 Å². The van der Waals surface area contributed by atoms with E-state index in [0.29, 0.717) is 0 Å². The van der Waals surface area contributed by atoms with E-state index in [2.05, 4.69) is 4.74 Å². The third-order valence-corrected chi connectivity index (χ3v) is 2.34. The van der Waals surface area contributed by atoms with Gasteiger partial charge in [-0.25, -0.2) is 0 Å². The number of halogens is 4. The van der Waals surface area contributed by atoms with Crippen LogP contribution in [0.15, 0.2) is 18.2 Å². The van der Waals surface area contributed by atoms with E-state index in [1.54, 1.807) is 6.92 Å². The zero-order valence-corrected chi connectivity index (χ0v) is 9.73. The SMILES string of the molecule is CCOC(=O)Cc1cccc(Cl)c1C(F)(F)F. The maximum Gasteiger partial charge on any atom is 0.418 e. The number of ether oxygens (including phenoxy) is 1. The van der Waals surface area contributed by atoms with Crippen LogP contribution in [0.1, 0.15) is 18.1 Å². The molecule has 1 rings (SSSR count). The number of esters is 1. The second kappa shape index (κ2) is 5.40. The standard InChI is InChI=1S/C11H10ClF3O2/c1-2-17-9(16)6-7-4-3-5-8(12)10(7)11(13,14)15/h3-5H,2,6H2,1H3. The van der Waals surface area contributed by atoms with Crippen LogP contribution in [0.2, 0.25) is 5.02 Å². The first-order valence-corrected chi connectivity index (χ1v) is 5.24. The Kier molecular flexibility index (Phi) is 4.40. The average molecular weight is 267 g/mol. The normalized spacial score (nSPS) is 11.4. The largest absolute Gasteiger partial charge is 0.466 e. The number of hydrogen-bond acceptors (Lipinski definition) is 2. The molecule has 0 aliphatic carbocycles. The Bertz CT molecular complexity index is 416. The lowest BCUT2D eigenvalue weighted by Crippen LogP contribution is -2.14. The molecule has 0 heterocycles. The lowest BCUT2D eigenvalue weighted by Gasteiger charge is -2.13. The number of carbonyl (C=O) groups is 1. The summed E-state index contributed by atoms with van der Waals surface area (Å²) in [7, 11) is 0. The Morgan fingerprint density at radius 2 is 2.06 bits per heavy atom. The van der Waals surface area contributed by atoms with E-state index in [9.17, 15) is 18.0 Å². The van der Waals surface area contributed by atoms with E-state index in [-0.39, 0.29) is 12.2 Å². The number of carbonyl (C=O) groups excluding carboxylic acids is 1. The molecule has 6 heteroatoms. The number of benzene rings is 1. The maximum absolute atomic E-state index is 12.7. The molecule has 0 fully saturated rings. The Labute approximate surface area is 101 Å². The zero-order valence-electron chi connectivity index (χ0n) is 8.97. The molecule has 0 radical (unpaired) electrons. The second-order valence-electron chi connectivity index (χ2n) is 3.25. The van der Waals surface area contributed by atoms with Crippen LogP contribution in [0.3, 0.4) is 0 Å². The van der Waals surface area contributed by atoms with Crippen molar-refractivity contribution in [2.45, 2.75) is 19.5 Å².